The summed E-state index contributed by atoms with van der Waals surface area (Å²) in [6.07, 6.45) is 3.87. The van der Waals surface area contributed by atoms with Crippen molar-refractivity contribution in [2.24, 2.45) is 11.7 Å². The zero-order chi connectivity index (χ0) is 10.7. The van der Waals surface area contributed by atoms with Crippen molar-refractivity contribution in [2.45, 2.75) is 18.9 Å². The Morgan fingerprint density at radius 1 is 1.60 bits per heavy atom. The van der Waals surface area contributed by atoms with Gasteiger partial charge in [-0.2, -0.15) is 4.98 Å². The number of ether oxygens (including phenoxy) is 1. The maximum Gasteiger partial charge on any atom is 0.225 e. The van der Waals surface area contributed by atoms with Crippen LogP contribution in [0.25, 0.3) is 0 Å². The molecule has 1 aliphatic carbocycles. The van der Waals surface area contributed by atoms with Crippen molar-refractivity contribution >= 4 is 5.95 Å². The first-order valence-corrected chi connectivity index (χ1v) is 5.14. The predicted molar refractivity (Wildman–Crippen MR) is 57.8 cm³/mol. The fraction of sp³-hybridized carbons (Fsp3) is 0.600. The molecule has 3 N–H and O–H groups in total. The molecule has 0 atom stereocenters. The van der Waals surface area contributed by atoms with Crippen molar-refractivity contribution in [1.82, 2.24) is 9.97 Å². The lowest BCUT2D eigenvalue weighted by Crippen LogP contribution is -2.39. The van der Waals surface area contributed by atoms with Crippen LogP contribution < -0.4 is 15.8 Å². The summed E-state index contributed by atoms with van der Waals surface area (Å²) >= 11 is 0. The van der Waals surface area contributed by atoms with E-state index in [1.807, 2.05) is 0 Å². The van der Waals surface area contributed by atoms with Crippen LogP contribution in [0.5, 0.6) is 5.88 Å². The van der Waals surface area contributed by atoms with Gasteiger partial charge in [-0.25, -0.2) is 4.98 Å². The highest BCUT2D eigenvalue weighted by molar-refractivity contribution is 5.27. The summed E-state index contributed by atoms with van der Waals surface area (Å²) in [7, 11) is 1.59. The van der Waals surface area contributed by atoms with Crippen molar-refractivity contribution < 1.29 is 4.74 Å². The van der Waals surface area contributed by atoms with Crippen LogP contribution >= 0.6 is 0 Å². The molecule has 1 aromatic rings. The third-order valence-corrected chi connectivity index (χ3v) is 2.66. The normalized spacial score (nSPS) is 24.4. The van der Waals surface area contributed by atoms with E-state index in [4.69, 9.17) is 10.5 Å². The molecule has 0 amide bonds. The smallest absolute Gasteiger partial charge is 0.225 e. The van der Waals surface area contributed by atoms with Crippen molar-refractivity contribution in [3.63, 3.8) is 0 Å². The second kappa shape index (κ2) is 4.44. The van der Waals surface area contributed by atoms with Crippen LogP contribution in [0.3, 0.4) is 0 Å². The lowest BCUT2D eigenvalue weighted by Gasteiger charge is -2.32. The van der Waals surface area contributed by atoms with Gasteiger partial charge in [-0.15, -0.1) is 0 Å². The summed E-state index contributed by atoms with van der Waals surface area (Å²) in [5.41, 5.74) is 5.70. The van der Waals surface area contributed by atoms with Gasteiger partial charge in [0.15, 0.2) is 0 Å². The maximum atomic E-state index is 5.70. The molecule has 0 unspecified atom stereocenters. The number of anilines is 1. The van der Waals surface area contributed by atoms with Gasteiger partial charge in [0, 0.05) is 24.8 Å². The third-order valence-electron chi connectivity index (χ3n) is 2.66. The van der Waals surface area contributed by atoms with E-state index in [0.717, 1.165) is 19.4 Å². The molecule has 0 aromatic carbocycles. The summed E-state index contributed by atoms with van der Waals surface area (Å²) in [5.74, 6) is 1.86. The van der Waals surface area contributed by atoms with E-state index >= 15 is 0 Å². The van der Waals surface area contributed by atoms with Gasteiger partial charge >= 0.3 is 0 Å². The number of aromatic nitrogens is 2. The summed E-state index contributed by atoms with van der Waals surface area (Å²) in [4.78, 5) is 8.27. The second-order valence-electron chi connectivity index (χ2n) is 3.90. The van der Waals surface area contributed by atoms with Gasteiger partial charge in [0.25, 0.3) is 0 Å². The fourth-order valence-electron chi connectivity index (χ4n) is 1.73. The van der Waals surface area contributed by atoms with E-state index in [1.165, 1.54) is 0 Å². The molecule has 0 spiro atoms. The molecule has 5 nitrogen and oxygen atoms in total. The largest absolute Gasteiger partial charge is 0.481 e. The number of methoxy groups -OCH3 is 1. The van der Waals surface area contributed by atoms with E-state index in [1.54, 1.807) is 19.4 Å². The minimum absolute atomic E-state index is 0.392. The molecule has 0 saturated heterocycles. The van der Waals surface area contributed by atoms with Crippen LogP contribution in [0, 0.1) is 5.92 Å². The van der Waals surface area contributed by atoms with Crippen LogP contribution in [0.1, 0.15) is 12.8 Å². The number of nitrogens with one attached hydrogen (secondary N) is 1. The topological polar surface area (TPSA) is 73.1 Å². The molecule has 0 radical (unpaired) electrons. The standard InChI is InChI=1S/C10H16N4O/c1-15-9-2-3-12-10(14-9)13-6-7-4-8(11)5-7/h2-3,7-8H,4-6,11H2,1H3,(H,12,13,14). The second-order valence-corrected chi connectivity index (χ2v) is 3.90. The molecule has 5 heteroatoms. The van der Waals surface area contributed by atoms with E-state index in [-0.39, 0.29) is 0 Å². The van der Waals surface area contributed by atoms with Gasteiger partial charge in [0.05, 0.1) is 7.11 Å². The van der Waals surface area contributed by atoms with Gasteiger partial charge in [-0.3, -0.25) is 0 Å². The Bertz CT molecular complexity index is 325. The van der Waals surface area contributed by atoms with Crippen LogP contribution in [0.4, 0.5) is 5.95 Å². The van der Waals surface area contributed by atoms with E-state index in [0.29, 0.717) is 23.8 Å². The van der Waals surface area contributed by atoms with Crippen LogP contribution in [-0.2, 0) is 0 Å². The number of hydrogen-bond acceptors (Lipinski definition) is 5. The highest BCUT2D eigenvalue weighted by Crippen LogP contribution is 2.25. The van der Waals surface area contributed by atoms with Crippen molar-refractivity contribution in [3.8, 4) is 5.88 Å². The summed E-state index contributed by atoms with van der Waals surface area (Å²) in [5, 5.41) is 3.18. The molecule has 1 aromatic heterocycles. The highest BCUT2D eigenvalue weighted by Gasteiger charge is 2.25. The quantitative estimate of drug-likeness (QED) is 0.759. The molecule has 1 heterocycles. The maximum absolute atomic E-state index is 5.70. The average Bonchev–Trinajstić information content (AvgIpc) is 2.23. The first-order chi connectivity index (χ1) is 7.28. The van der Waals surface area contributed by atoms with Crippen molar-refractivity contribution in [2.75, 3.05) is 19.0 Å². The summed E-state index contributed by atoms with van der Waals surface area (Å²) < 4.78 is 5.01. The van der Waals surface area contributed by atoms with E-state index in [9.17, 15) is 0 Å². The lowest BCUT2D eigenvalue weighted by molar-refractivity contribution is 0.279. The molecule has 0 bridgehead atoms. The zero-order valence-electron chi connectivity index (χ0n) is 8.81. The van der Waals surface area contributed by atoms with Crippen molar-refractivity contribution in [3.05, 3.63) is 12.3 Å². The lowest BCUT2D eigenvalue weighted by atomic mass is 9.81. The van der Waals surface area contributed by atoms with Crippen molar-refractivity contribution in [1.29, 1.82) is 0 Å². The third kappa shape index (κ3) is 2.56. The Morgan fingerprint density at radius 2 is 2.40 bits per heavy atom. The summed E-state index contributed by atoms with van der Waals surface area (Å²) in [6, 6.07) is 2.12. The fourth-order valence-corrected chi connectivity index (χ4v) is 1.73. The van der Waals surface area contributed by atoms with Gasteiger partial charge in [0.1, 0.15) is 0 Å². The predicted octanol–water partition coefficient (Wildman–Crippen LogP) is 0.634. The monoisotopic (exact) mass is 208 g/mol. The highest BCUT2D eigenvalue weighted by atomic mass is 16.5. The van der Waals surface area contributed by atoms with E-state index in [2.05, 4.69) is 15.3 Å². The van der Waals surface area contributed by atoms with Gasteiger partial charge in [-0.1, -0.05) is 0 Å². The summed E-state index contributed by atoms with van der Waals surface area (Å²) in [6.45, 7) is 0.890. The molecule has 1 fully saturated rings. The Labute approximate surface area is 89.1 Å². The van der Waals surface area contributed by atoms with Gasteiger partial charge < -0.3 is 15.8 Å². The molecule has 1 saturated carbocycles. The number of rotatable bonds is 4. The first kappa shape index (κ1) is 10.2. The molecule has 0 aliphatic heterocycles. The molecule has 2 rings (SSSR count). The molecule has 82 valence electrons. The molecule has 15 heavy (non-hydrogen) atoms. The zero-order valence-corrected chi connectivity index (χ0v) is 8.81. The Kier molecular flexibility index (Phi) is 3.01. The number of hydrogen-bond donors (Lipinski definition) is 2. The van der Waals surface area contributed by atoms with Crippen LogP contribution in [-0.4, -0.2) is 29.7 Å². The molecular weight excluding hydrogens is 192 g/mol. The SMILES string of the molecule is COc1ccnc(NCC2CC(N)C2)n1. The minimum atomic E-state index is 0.392. The Morgan fingerprint density at radius 3 is 3.07 bits per heavy atom. The Hall–Kier alpha value is -1.36. The number of nitrogens with zero attached hydrogens (tertiary/aromatic N) is 2. The average molecular weight is 208 g/mol. The Balaban J connectivity index is 1.82. The van der Waals surface area contributed by atoms with Crippen LogP contribution in [0.15, 0.2) is 12.3 Å². The number of nitrogens with two attached hydrogens (primary N) is 1. The minimum Gasteiger partial charge on any atom is -0.481 e. The molecule has 1 aliphatic rings. The first-order valence-electron chi connectivity index (χ1n) is 5.14. The molecular formula is C10H16N4O. The van der Waals surface area contributed by atoms with E-state index < -0.39 is 0 Å². The van der Waals surface area contributed by atoms with Gasteiger partial charge in [-0.05, 0) is 18.8 Å². The van der Waals surface area contributed by atoms with Crippen LogP contribution in [0.2, 0.25) is 0 Å². The van der Waals surface area contributed by atoms with Gasteiger partial charge in [0.2, 0.25) is 11.8 Å².